The lowest BCUT2D eigenvalue weighted by molar-refractivity contribution is 0.425. The van der Waals surface area contributed by atoms with Crippen molar-refractivity contribution in [3.05, 3.63) is 65.2 Å². The van der Waals surface area contributed by atoms with E-state index >= 15 is 0 Å². The summed E-state index contributed by atoms with van der Waals surface area (Å²) in [5.41, 5.74) is 3.60. The molecule has 4 aromatic heterocycles. The summed E-state index contributed by atoms with van der Waals surface area (Å²) in [7, 11) is 0. The highest BCUT2D eigenvalue weighted by atomic mass is 16.3. The van der Waals surface area contributed by atoms with E-state index in [-0.39, 0.29) is 11.8 Å². The number of H-pyrrole nitrogens is 1. The summed E-state index contributed by atoms with van der Waals surface area (Å²) in [4.78, 5) is 16.6. The molecule has 1 aliphatic carbocycles. The van der Waals surface area contributed by atoms with Gasteiger partial charge in [0.2, 0.25) is 0 Å². The summed E-state index contributed by atoms with van der Waals surface area (Å²) in [6.45, 7) is 0. The average molecular weight is 399 g/mol. The van der Waals surface area contributed by atoms with Crippen LogP contribution in [0, 0.1) is 0 Å². The first kappa shape index (κ1) is 16.8. The van der Waals surface area contributed by atoms with Crippen molar-refractivity contribution in [2.24, 2.45) is 4.99 Å². The maximum atomic E-state index is 9.98. The quantitative estimate of drug-likeness (QED) is 0.424. The van der Waals surface area contributed by atoms with E-state index in [0.717, 1.165) is 29.4 Å². The smallest absolute Gasteiger partial charge is 0.198 e. The van der Waals surface area contributed by atoms with Crippen LogP contribution < -0.4 is 10.7 Å². The van der Waals surface area contributed by atoms with Gasteiger partial charge in [-0.3, -0.25) is 14.5 Å². The Morgan fingerprint density at radius 3 is 2.83 bits per heavy atom. The molecule has 1 aromatic carbocycles. The first-order chi connectivity index (χ1) is 14.7. The number of para-hydroxylation sites is 2. The molecular formula is C21H17N7O2. The minimum atomic E-state index is -0.119. The highest BCUT2D eigenvalue weighted by Crippen LogP contribution is 2.23. The van der Waals surface area contributed by atoms with Crippen LogP contribution in [0.4, 0.5) is 0 Å². The second-order valence-electron chi connectivity index (χ2n) is 7.37. The summed E-state index contributed by atoms with van der Waals surface area (Å²) >= 11 is 0. The SMILES string of the molecule is Oc1cc(C=c2cnn3c(=NC4CC4)cc(-n4cnc5ccccc54)nc23)c(O)[nH]1. The number of rotatable bonds is 3. The second kappa shape index (κ2) is 6.18. The summed E-state index contributed by atoms with van der Waals surface area (Å²) in [5.74, 6) is 0.455. The lowest BCUT2D eigenvalue weighted by Crippen LogP contribution is -2.20. The van der Waals surface area contributed by atoms with Gasteiger partial charge in [-0.25, -0.2) is 9.97 Å². The number of aromatic hydroxyl groups is 2. The second-order valence-corrected chi connectivity index (χ2v) is 7.37. The Hall–Kier alpha value is -4.14. The van der Waals surface area contributed by atoms with Crippen molar-refractivity contribution in [1.29, 1.82) is 0 Å². The molecule has 148 valence electrons. The topological polar surface area (TPSA) is 117 Å². The fraction of sp³-hybridized carbons (Fsp3) is 0.143. The Bertz CT molecular complexity index is 1540. The van der Waals surface area contributed by atoms with Gasteiger partial charge >= 0.3 is 0 Å². The molecule has 1 saturated carbocycles. The van der Waals surface area contributed by atoms with Crippen molar-refractivity contribution in [1.82, 2.24) is 29.1 Å². The number of hydrogen-bond acceptors (Lipinski definition) is 6. The normalized spacial score (nSPS) is 15.6. The predicted octanol–water partition coefficient (Wildman–Crippen LogP) is 1.42. The minimum Gasteiger partial charge on any atom is -0.494 e. The Morgan fingerprint density at radius 1 is 1.17 bits per heavy atom. The van der Waals surface area contributed by atoms with Crippen LogP contribution in [0.3, 0.4) is 0 Å². The molecule has 0 unspecified atom stereocenters. The van der Waals surface area contributed by atoms with Gasteiger partial charge in [0, 0.05) is 22.9 Å². The molecule has 0 amide bonds. The lowest BCUT2D eigenvalue weighted by atomic mass is 10.2. The summed E-state index contributed by atoms with van der Waals surface area (Å²) in [6, 6.07) is 11.5. The Labute approximate surface area is 169 Å². The van der Waals surface area contributed by atoms with Gasteiger partial charge in [0.15, 0.2) is 22.9 Å². The molecule has 0 spiro atoms. The molecule has 4 heterocycles. The molecule has 0 bridgehead atoms. The van der Waals surface area contributed by atoms with Crippen LogP contribution in [0.5, 0.6) is 11.8 Å². The number of hydrogen-bond donors (Lipinski definition) is 3. The van der Waals surface area contributed by atoms with Crippen molar-refractivity contribution in [2.45, 2.75) is 18.9 Å². The van der Waals surface area contributed by atoms with E-state index in [1.165, 1.54) is 6.07 Å². The van der Waals surface area contributed by atoms with Crippen LogP contribution >= 0.6 is 0 Å². The number of fused-ring (bicyclic) bond motifs is 2. The number of nitrogens with one attached hydrogen (secondary N) is 1. The van der Waals surface area contributed by atoms with Crippen molar-refractivity contribution in [3.63, 3.8) is 0 Å². The van der Waals surface area contributed by atoms with Crippen LogP contribution in [0.15, 0.2) is 53.9 Å². The third kappa shape index (κ3) is 2.71. The molecule has 6 rings (SSSR count). The molecule has 9 heteroatoms. The lowest BCUT2D eigenvalue weighted by Gasteiger charge is -2.05. The molecule has 30 heavy (non-hydrogen) atoms. The molecule has 0 aliphatic heterocycles. The fourth-order valence-corrected chi connectivity index (χ4v) is 3.52. The molecule has 1 aliphatic rings. The van der Waals surface area contributed by atoms with Gasteiger partial charge in [-0.05, 0) is 31.1 Å². The summed E-state index contributed by atoms with van der Waals surface area (Å²) in [6.07, 6.45) is 7.29. The molecule has 1 fully saturated rings. The zero-order chi connectivity index (χ0) is 20.2. The maximum absolute atomic E-state index is 9.98. The fourth-order valence-electron chi connectivity index (χ4n) is 3.52. The van der Waals surface area contributed by atoms with Gasteiger partial charge in [0.05, 0.1) is 23.3 Å². The van der Waals surface area contributed by atoms with Gasteiger partial charge in [0.25, 0.3) is 0 Å². The van der Waals surface area contributed by atoms with Crippen LogP contribution in [-0.2, 0) is 0 Å². The van der Waals surface area contributed by atoms with E-state index in [9.17, 15) is 10.2 Å². The van der Waals surface area contributed by atoms with Crippen LogP contribution in [0.2, 0.25) is 0 Å². The van der Waals surface area contributed by atoms with Crippen molar-refractivity contribution in [2.75, 3.05) is 0 Å². The molecule has 0 saturated heterocycles. The minimum absolute atomic E-state index is 0.113. The standard InChI is InChI=1S/C21H17N7O2/c29-19-8-12(21(30)26-19)7-13-10-23-28-18(24-14-5-6-14)9-17(25-20(13)28)27-11-22-15-3-1-2-4-16(15)27/h1-4,7-11,14,26,29-30H,5-6H2. The Balaban J connectivity index is 1.64. The van der Waals surface area contributed by atoms with E-state index in [0.29, 0.717) is 28.3 Å². The highest BCUT2D eigenvalue weighted by molar-refractivity contribution is 5.77. The zero-order valence-electron chi connectivity index (χ0n) is 15.8. The number of nitrogens with zero attached hydrogens (tertiary/aromatic N) is 6. The van der Waals surface area contributed by atoms with E-state index in [1.54, 1.807) is 23.1 Å². The third-order valence-corrected chi connectivity index (χ3v) is 5.15. The predicted molar refractivity (Wildman–Crippen MR) is 109 cm³/mol. The first-order valence-corrected chi connectivity index (χ1v) is 9.63. The number of imidazole rings is 1. The van der Waals surface area contributed by atoms with Gasteiger partial charge in [-0.1, -0.05) is 12.1 Å². The van der Waals surface area contributed by atoms with E-state index < -0.39 is 0 Å². The molecule has 0 radical (unpaired) electrons. The molecule has 5 aromatic rings. The van der Waals surface area contributed by atoms with Gasteiger partial charge in [-0.15, -0.1) is 0 Å². The van der Waals surface area contributed by atoms with E-state index in [1.807, 2.05) is 34.9 Å². The maximum Gasteiger partial charge on any atom is 0.198 e. The first-order valence-electron chi connectivity index (χ1n) is 9.63. The number of aromatic nitrogens is 6. The molecular weight excluding hydrogens is 382 g/mol. The average Bonchev–Trinajstić information content (AvgIpc) is 3.16. The van der Waals surface area contributed by atoms with Crippen LogP contribution in [0.1, 0.15) is 18.4 Å². The van der Waals surface area contributed by atoms with E-state index in [4.69, 9.17) is 9.98 Å². The van der Waals surface area contributed by atoms with Crippen LogP contribution in [-0.4, -0.2) is 45.4 Å². The largest absolute Gasteiger partial charge is 0.494 e. The zero-order valence-corrected chi connectivity index (χ0v) is 15.8. The van der Waals surface area contributed by atoms with Crippen molar-refractivity contribution < 1.29 is 10.2 Å². The van der Waals surface area contributed by atoms with Crippen molar-refractivity contribution in [3.8, 4) is 17.6 Å². The van der Waals surface area contributed by atoms with Crippen molar-refractivity contribution >= 4 is 22.8 Å². The molecule has 3 N–H and O–H groups in total. The number of aromatic amines is 1. The van der Waals surface area contributed by atoms with E-state index in [2.05, 4.69) is 15.1 Å². The highest BCUT2D eigenvalue weighted by Gasteiger charge is 2.20. The Morgan fingerprint density at radius 2 is 2.03 bits per heavy atom. The van der Waals surface area contributed by atoms with Gasteiger partial charge < -0.3 is 10.2 Å². The number of benzene rings is 1. The van der Waals surface area contributed by atoms with Gasteiger partial charge in [0.1, 0.15) is 12.1 Å². The van der Waals surface area contributed by atoms with Crippen LogP contribution in [0.25, 0.3) is 28.6 Å². The Kier molecular flexibility index (Phi) is 3.46. The monoisotopic (exact) mass is 399 g/mol. The molecule has 9 nitrogen and oxygen atoms in total. The summed E-state index contributed by atoms with van der Waals surface area (Å²) in [5, 5.41) is 24.7. The molecule has 0 atom stereocenters. The van der Waals surface area contributed by atoms with Gasteiger partial charge in [-0.2, -0.15) is 9.61 Å². The summed E-state index contributed by atoms with van der Waals surface area (Å²) < 4.78 is 3.63. The third-order valence-electron chi connectivity index (χ3n) is 5.15.